The van der Waals surface area contributed by atoms with Crippen LogP contribution in [0, 0.1) is 5.92 Å². The van der Waals surface area contributed by atoms with Gasteiger partial charge in [0.25, 0.3) is 0 Å². The SMILES string of the molecule is O=C(C1CC1c1ccccc1C(F)(F)F)N1CCN(Cc2ccncc2)CC1. The first kappa shape index (κ1) is 18.9. The number of hydrogen-bond donors (Lipinski definition) is 0. The second-order valence-electron chi connectivity index (χ2n) is 7.49. The third-order valence-corrected chi connectivity index (χ3v) is 5.61. The first-order valence-electron chi connectivity index (χ1n) is 9.49. The molecule has 0 N–H and O–H groups in total. The molecule has 1 aliphatic heterocycles. The summed E-state index contributed by atoms with van der Waals surface area (Å²) in [7, 11) is 0. The molecule has 2 heterocycles. The van der Waals surface area contributed by atoms with Crippen molar-refractivity contribution in [3.63, 3.8) is 0 Å². The third-order valence-electron chi connectivity index (χ3n) is 5.61. The van der Waals surface area contributed by atoms with Crippen LogP contribution < -0.4 is 0 Å². The fraction of sp³-hybridized carbons (Fsp3) is 0.429. The minimum atomic E-state index is -4.38. The molecule has 1 aromatic carbocycles. The van der Waals surface area contributed by atoms with Gasteiger partial charge in [0, 0.05) is 51.0 Å². The molecule has 4 nitrogen and oxygen atoms in total. The summed E-state index contributed by atoms with van der Waals surface area (Å²) in [5, 5.41) is 0. The molecule has 7 heteroatoms. The van der Waals surface area contributed by atoms with Crippen molar-refractivity contribution in [1.82, 2.24) is 14.8 Å². The normalized spacial score (nSPS) is 22.9. The van der Waals surface area contributed by atoms with Crippen molar-refractivity contribution >= 4 is 5.91 Å². The summed E-state index contributed by atoms with van der Waals surface area (Å²) in [5.41, 5.74) is 0.822. The Bertz CT molecular complexity index is 832. The van der Waals surface area contributed by atoms with Crippen LogP contribution in [-0.2, 0) is 17.5 Å². The lowest BCUT2D eigenvalue weighted by Gasteiger charge is -2.35. The molecule has 0 spiro atoms. The Morgan fingerprint density at radius 1 is 1.04 bits per heavy atom. The number of benzene rings is 1. The average Bonchev–Trinajstić information content (AvgIpc) is 3.49. The number of hydrogen-bond acceptors (Lipinski definition) is 3. The summed E-state index contributed by atoms with van der Waals surface area (Å²) in [4.78, 5) is 20.9. The van der Waals surface area contributed by atoms with Gasteiger partial charge in [-0.25, -0.2) is 0 Å². The molecule has 4 rings (SSSR count). The van der Waals surface area contributed by atoms with Crippen LogP contribution in [0.2, 0.25) is 0 Å². The molecule has 1 aromatic heterocycles. The van der Waals surface area contributed by atoms with Crippen molar-refractivity contribution in [3.05, 3.63) is 65.5 Å². The van der Waals surface area contributed by atoms with Gasteiger partial charge < -0.3 is 4.90 Å². The van der Waals surface area contributed by atoms with Crippen molar-refractivity contribution < 1.29 is 18.0 Å². The van der Waals surface area contributed by atoms with Crippen molar-refractivity contribution in [2.24, 2.45) is 5.92 Å². The number of piperazine rings is 1. The molecule has 28 heavy (non-hydrogen) atoms. The summed E-state index contributed by atoms with van der Waals surface area (Å²) < 4.78 is 39.7. The minimum Gasteiger partial charge on any atom is -0.340 e. The van der Waals surface area contributed by atoms with Crippen LogP contribution in [0.25, 0.3) is 0 Å². The van der Waals surface area contributed by atoms with E-state index < -0.39 is 11.7 Å². The van der Waals surface area contributed by atoms with Crippen LogP contribution in [-0.4, -0.2) is 46.9 Å². The van der Waals surface area contributed by atoms with Crippen LogP contribution >= 0.6 is 0 Å². The minimum absolute atomic E-state index is 0.00876. The van der Waals surface area contributed by atoms with E-state index in [0.29, 0.717) is 19.5 Å². The fourth-order valence-electron chi connectivity index (χ4n) is 4.00. The summed E-state index contributed by atoms with van der Waals surface area (Å²) in [6.45, 7) is 3.59. The first-order chi connectivity index (χ1) is 13.4. The number of amides is 1. The molecule has 0 radical (unpaired) electrons. The molecule has 1 amide bonds. The molecule has 1 saturated carbocycles. The molecule has 2 aromatic rings. The first-order valence-corrected chi connectivity index (χ1v) is 9.49. The van der Waals surface area contributed by atoms with Gasteiger partial charge in [0.2, 0.25) is 5.91 Å². The van der Waals surface area contributed by atoms with Gasteiger partial charge in [-0.1, -0.05) is 18.2 Å². The van der Waals surface area contributed by atoms with Crippen molar-refractivity contribution in [1.29, 1.82) is 0 Å². The van der Waals surface area contributed by atoms with E-state index in [4.69, 9.17) is 0 Å². The highest BCUT2D eigenvalue weighted by Gasteiger charge is 2.49. The van der Waals surface area contributed by atoms with Crippen molar-refractivity contribution in [3.8, 4) is 0 Å². The summed E-state index contributed by atoms with van der Waals surface area (Å²) in [6.07, 6.45) is -0.350. The lowest BCUT2D eigenvalue weighted by molar-refractivity contribution is -0.139. The van der Waals surface area contributed by atoms with Gasteiger partial charge in [0.05, 0.1) is 5.56 Å². The van der Waals surface area contributed by atoms with E-state index in [9.17, 15) is 18.0 Å². The maximum absolute atomic E-state index is 13.2. The van der Waals surface area contributed by atoms with Crippen molar-refractivity contribution in [2.75, 3.05) is 26.2 Å². The quantitative estimate of drug-likeness (QED) is 0.803. The van der Waals surface area contributed by atoms with Crippen LogP contribution in [0.5, 0.6) is 0 Å². The molecular formula is C21H22F3N3O. The van der Waals surface area contributed by atoms with Gasteiger partial charge in [-0.15, -0.1) is 0 Å². The van der Waals surface area contributed by atoms with E-state index in [1.807, 2.05) is 17.0 Å². The standard InChI is InChI=1S/C21H22F3N3O/c22-21(23,24)19-4-2-1-3-16(19)17-13-18(17)20(28)27-11-9-26(10-12-27)14-15-5-7-25-8-6-15/h1-8,17-18H,9-14H2. The zero-order valence-electron chi connectivity index (χ0n) is 15.4. The monoisotopic (exact) mass is 389 g/mol. The summed E-state index contributed by atoms with van der Waals surface area (Å²) in [6, 6.07) is 9.57. The largest absolute Gasteiger partial charge is 0.416 e. The number of pyridine rings is 1. The number of carbonyl (C=O) groups excluding carboxylic acids is 1. The number of carbonyl (C=O) groups is 1. The highest BCUT2D eigenvalue weighted by Crippen LogP contribution is 2.51. The van der Waals surface area contributed by atoms with Gasteiger partial charge in [-0.3, -0.25) is 14.7 Å². The third kappa shape index (κ3) is 4.04. The van der Waals surface area contributed by atoms with Gasteiger partial charge in [0.15, 0.2) is 0 Å². The van der Waals surface area contributed by atoms with E-state index in [1.165, 1.54) is 17.7 Å². The Kier molecular flexibility index (Phi) is 5.10. The molecule has 1 aliphatic carbocycles. The van der Waals surface area contributed by atoms with E-state index in [0.717, 1.165) is 25.7 Å². The second kappa shape index (κ2) is 7.54. The predicted molar refractivity (Wildman–Crippen MR) is 98.4 cm³/mol. The summed E-state index contributed by atoms with van der Waals surface area (Å²) in [5.74, 6) is -0.652. The van der Waals surface area contributed by atoms with Crippen LogP contribution in [0.3, 0.4) is 0 Å². The molecule has 2 atom stereocenters. The second-order valence-corrected chi connectivity index (χ2v) is 7.49. The highest BCUT2D eigenvalue weighted by atomic mass is 19.4. The predicted octanol–water partition coefficient (Wildman–Crippen LogP) is 3.55. The Morgan fingerprint density at radius 2 is 1.71 bits per heavy atom. The Morgan fingerprint density at radius 3 is 2.39 bits per heavy atom. The van der Waals surface area contributed by atoms with Crippen LogP contribution in [0.4, 0.5) is 13.2 Å². The number of halogens is 3. The zero-order chi connectivity index (χ0) is 19.7. The topological polar surface area (TPSA) is 36.4 Å². The lowest BCUT2D eigenvalue weighted by atomic mass is 10.0. The molecular weight excluding hydrogens is 367 g/mol. The Hall–Kier alpha value is -2.41. The van der Waals surface area contributed by atoms with E-state index in [2.05, 4.69) is 9.88 Å². The number of alkyl halides is 3. The van der Waals surface area contributed by atoms with Crippen LogP contribution in [0.1, 0.15) is 29.0 Å². The van der Waals surface area contributed by atoms with E-state index >= 15 is 0 Å². The molecule has 0 bridgehead atoms. The van der Waals surface area contributed by atoms with Crippen molar-refractivity contribution in [2.45, 2.75) is 25.1 Å². The number of aromatic nitrogens is 1. The fourth-order valence-corrected chi connectivity index (χ4v) is 4.00. The van der Waals surface area contributed by atoms with Crippen LogP contribution in [0.15, 0.2) is 48.8 Å². The zero-order valence-corrected chi connectivity index (χ0v) is 15.4. The van der Waals surface area contributed by atoms with E-state index in [1.54, 1.807) is 18.5 Å². The summed E-state index contributed by atoms with van der Waals surface area (Å²) >= 11 is 0. The average molecular weight is 389 g/mol. The maximum Gasteiger partial charge on any atom is 0.416 e. The Labute approximate surface area is 162 Å². The smallest absolute Gasteiger partial charge is 0.340 e. The molecule has 2 fully saturated rings. The van der Waals surface area contributed by atoms with Gasteiger partial charge >= 0.3 is 6.18 Å². The van der Waals surface area contributed by atoms with Gasteiger partial charge in [-0.2, -0.15) is 13.2 Å². The maximum atomic E-state index is 13.2. The molecule has 2 aliphatic rings. The number of nitrogens with zero attached hydrogens (tertiary/aromatic N) is 3. The lowest BCUT2D eigenvalue weighted by Crippen LogP contribution is -2.48. The van der Waals surface area contributed by atoms with Gasteiger partial charge in [0.1, 0.15) is 0 Å². The number of rotatable bonds is 4. The molecule has 148 valence electrons. The highest BCUT2D eigenvalue weighted by molar-refractivity contribution is 5.83. The Balaban J connectivity index is 1.34. The van der Waals surface area contributed by atoms with E-state index in [-0.39, 0.29) is 23.3 Å². The molecule has 1 saturated heterocycles. The molecule has 2 unspecified atom stereocenters. The van der Waals surface area contributed by atoms with Gasteiger partial charge in [-0.05, 0) is 41.7 Å².